The van der Waals surface area contributed by atoms with E-state index in [1.165, 1.54) is 5.56 Å². The molecule has 3 rings (SSSR count). The molecule has 106 valence electrons. The summed E-state index contributed by atoms with van der Waals surface area (Å²) < 4.78 is 0. The minimum Gasteiger partial charge on any atom is -0.357 e. The normalized spacial score (nSPS) is 10.5. The van der Waals surface area contributed by atoms with Gasteiger partial charge in [-0.2, -0.15) is 0 Å². The molecule has 0 saturated carbocycles. The summed E-state index contributed by atoms with van der Waals surface area (Å²) in [6.45, 7) is 2.48. The summed E-state index contributed by atoms with van der Waals surface area (Å²) in [4.78, 5) is 15.1. The SMILES string of the molecule is Cc1ccc(NC(=O)NCc2cc3ccccc3[nH]2)cc1. The van der Waals surface area contributed by atoms with Gasteiger partial charge in [-0.05, 0) is 36.6 Å². The van der Waals surface area contributed by atoms with E-state index in [1.807, 2.05) is 61.5 Å². The highest BCUT2D eigenvalue weighted by atomic mass is 16.2. The van der Waals surface area contributed by atoms with Gasteiger partial charge in [-0.25, -0.2) is 4.79 Å². The van der Waals surface area contributed by atoms with Crippen LogP contribution in [0.4, 0.5) is 10.5 Å². The number of aromatic amines is 1. The molecule has 4 nitrogen and oxygen atoms in total. The summed E-state index contributed by atoms with van der Waals surface area (Å²) in [5.74, 6) is 0. The van der Waals surface area contributed by atoms with Gasteiger partial charge in [0, 0.05) is 16.9 Å². The number of para-hydroxylation sites is 1. The number of aromatic nitrogens is 1. The van der Waals surface area contributed by atoms with Crippen LogP contribution in [-0.2, 0) is 6.54 Å². The first-order chi connectivity index (χ1) is 10.2. The molecule has 0 fully saturated rings. The van der Waals surface area contributed by atoms with E-state index in [4.69, 9.17) is 0 Å². The number of carbonyl (C=O) groups is 1. The third-order valence-electron chi connectivity index (χ3n) is 3.33. The fourth-order valence-corrected chi connectivity index (χ4v) is 2.22. The third-order valence-corrected chi connectivity index (χ3v) is 3.33. The van der Waals surface area contributed by atoms with Crippen LogP contribution < -0.4 is 10.6 Å². The molecule has 3 aromatic rings. The quantitative estimate of drug-likeness (QED) is 0.671. The smallest absolute Gasteiger partial charge is 0.319 e. The molecular formula is C17H17N3O. The van der Waals surface area contributed by atoms with Crippen LogP contribution in [0.2, 0.25) is 0 Å². The number of hydrogen-bond donors (Lipinski definition) is 3. The van der Waals surface area contributed by atoms with Crippen molar-refractivity contribution < 1.29 is 4.79 Å². The number of rotatable bonds is 3. The number of H-pyrrole nitrogens is 1. The van der Waals surface area contributed by atoms with Crippen molar-refractivity contribution in [2.45, 2.75) is 13.5 Å². The van der Waals surface area contributed by atoms with Crippen LogP contribution in [0.15, 0.2) is 54.6 Å². The van der Waals surface area contributed by atoms with Crippen LogP contribution >= 0.6 is 0 Å². The molecule has 1 aromatic heterocycles. The maximum atomic E-state index is 11.8. The summed E-state index contributed by atoms with van der Waals surface area (Å²) in [5.41, 5.74) is 4.01. The van der Waals surface area contributed by atoms with Crippen molar-refractivity contribution in [2.75, 3.05) is 5.32 Å². The zero-order valence-corrected chi connectivity index (χ0v) is 11.8. The summed E-state index contributed by atoms with van der Waals surface area (Å²) in [7, 11) is 0. The van der Waals surface area contributed by atoms with Gasteiger partial charge in [0.05, 0.1) is 6.54 Å². The standard InChI is InChI=1S/C17H17N3O/c1-12-6-8-14(9-7-12)20-17(21)18-11-15-10-13-4-2-3-5-16(13)19-15/h2-10,19H,11H2,1H3,(H2,18,20,21). The number of hydrogen-bond acceptors (Lipinski definition) is 1. The van der Waals surface area contributed by atoms with E-state index in [0.717, 1.165) is 22.3 Å². The Morgan fingerprint density at radius 1 is 1.10 bits per heavy atom. The second-order valence-corrected chi connectivity index (χ2v) is 5.06. The summed E-state index contributed by atoms with van der Waals surface area (Å²) >= 11 is 0. The zero-order chi connectivity index (χ0) is 14.7. The average molecular weight is 279 g/mol. The monoisotopic (exact) mass is 279 g/mol. The predicted octanol–water partition coefficient (Wildman–Crippen LogP) is 3.80. The first kappa shape index (κ1) is 13.2. The lowest BCUT2D eigenvalue weighted by Gasteiger charge is -2.07. The summed E-state index contributed by atoms with van der Waals surface area (Å²) in [6, 6.07) is 17.6. The molecule has 21 heavy (non-hydrogen) atoms. The van der Waals surface area contributed by atoms with E-state index in [0.29, 0.717) is 6.54 Å². The highest BCUT2D eigenvalue weighted by Gasteiger charge is 2.03. The van der Waals surface area contributed by atoms with Gasteiger partial charge in [0.2, 0.25) is 0 Å². The Morgan fingerprint density at radius 2 is 1.86 bits per heavy atom. The first-order valence-corrected chi connectivity index (χ1v) is 6.89. The molecule has 0 aliphatic rings. The molecular weight excluding hydrogens is 262 g/mol. The molecule has 0 aliphatic heterocycles. The van der Waals surface area contributed by atoms with Crippen LogP contribution in [0.1, 0.15) is 11.3 Å². The van der Waals surface area contributed by atoms with E-state index >= 15 is 0 Å². The maximum absolute atomic E-state index is 11.8. The fourth-order valence-electron chi connectivity index (χ4n) is 2.22. The minimum absolute atomic E-state index is 0.211. The number of carbonyl (C=O) groups excluding carboxylic acids is 1. The molecule has 2 aromatic carbocycles. The van der Waals surface area contributed by atoms with Gasteiger partial charge in [-0.15, -0.1) is 0 Å². The second-order valence-electron chi connectivity index (χ2n) is 5.06. The third kappa shape index (κ3) is 3.23. The Balaban J connectivity index is 1.59. The van der Waals surface area contributed by atoms with Gasteiger partial charge in [0.15, 0.2) is 0 Å². The number of amides is 2. The van der Waals surface area contributed by atoms with Crippen molar-refractivity contribution in [2.24, 2.45) is 0 Å². The van der Waals surface area contributed by atoms with Crippen molar-refractivity contribution in [3.8, 4) is 0 Å². The molecule has 0 saturated heterocycles. The summed E-state index contributed by atoms with van der Waals surface area (Å²) in [6.07, 6.45) is 0. The molecule has 0 bridgehead atoms. The molecule has 0 aliphatic carbocycles. The van der Waals surface area contributed by atoms with E-state index in [9.17, 15) is 4.79 Å². The summed E-state index contributed by atoms with van der Waals surface area (Å²) in [5, 5.41) is 6.80. The second kappa shape index (κ2) is 5.71. The molecule has 2 amide bonds. The van der Waals surface area contributed by atoms with Gasteiger partial charge in [0.1, 0.15) is 0 Å². The average Bonchev–Trinajstić information content (AvgIpc) is 2.90. The highest BCUT2D eigenvalue weighted by Crippen LogP contribution is 2.14. The number of nitrogens with one attached hydrogen (secondary N) is 3. The number of anilines is 1. The van der Waals surface area contributed by atoms with Crippen LogP contribution in [0.5, 0.6) is 0 Å². The Morgan fingerprint density at radius 3 is 2.62 bits per heavy atom. The molecule has 3 N–H and O–H groups in total. The lowest BCUT2D eigenvalue weighted by Crippen LogP contribution is -2.28. The molecule has 0 atom stereocenters. The molecule has 0 radical (unpaired) electrons. The Labute approximate surface area is 123 Å². The molecule has 0 unspecified atom stereocenters. The van der Waals surface area contributed by atoms with Crippen molar-refractivity contribution in [1.29, 1.82) is 0 Å². The zero-order valence-electron chi connectivity index (χ0n) is 11.8. The van der Waals surface area contributed by atoms with E-state index in [2.05, 4.69) is 15.6 Å². The van der Waals surface area contributed by atoms with Crippen molar-refractivity contribution >= 4 is 22.6 Å². The largest absolute Gasteiger partial charge is 0.357 e. The van der Waals surface area contributed by atoms with Crippen LogP contribution in [0.3, 0.4) is 0 Å². The van der Waals surface area contributed by atoms with Gasteiger partial charge < -0.3 is 15.6 Å². The van der Waals surface area contributed by atoms with Crippen molar-refractivity contribution in [1.82, 2.24) is 10.3 Å². The lowest BCUT2D eigenvalue weighted by molar-refractivity contribution is 0.251. The van der Waals surface area contributed by atoms with Gasteiger partial charge in [-0.1, -0.05) is 35.9 Å². The minimum atomic E-state index is -0.211. The van der Waals surface area contributed by atoms with Crippen LogP contribution in [0, 0.1) is 6.92 Å². The number of urea groups is 1. The van der Waals surface area contributed by atoms with Crippen LogP contribution in [-0.4, -0.2) is 11.0 Å². The van der Waals surface area contributed by atoms with E-state index in [-0.39, 0.29) is 6.03 Å². The molecule has 4 heteroatoms. The van der Waals surface area contributed by atoms with Gasteiger partial charge in [0.25, 0.3) is 0 Å². The van der Waals surface area contributed by atoms with Crippen molar-refractivity contribution in [3.63, 3.8) is 0 Å². The fraction of sp³-hybridized carbons (Fsp3) is 0.118. The number of aryl methyl sites for hydroxylation is 1. The first-order valence-electron chi connectivity index (χ1n) is 6.89. The number of benzene rings is 2. The van der Waals surface area contributed by atoms with Gasteiger partial charge >= 0.3 is 6.03 Å². The Kier molecular flexibility index (Phi) is 3.60. The molecule has 0 spiro atoms. The van der Waals surface area contributed by atoms with Gasteiger partial charge in [-0.3, -0.25) is 0 Å². The predicted molar refractivity (Wildman–Crippen MR) is 85.3 cm³/mol. The topological polar surface area (TPSA) is 56.9 Å². The lowest BCUT2D eigenvalue weighted by atomic mass is 10.2. The van der Waals surface area contributed by atoms with Crippen LogP contribution in [0.25, 0.3) is 10.9 Å². The Hall–Kier alpha value is -2.75. The van der Waals surface area contributed by atoms with Crippen molar-refractivity contribution in [3.05, 3.63) is 65.9 Å². The van der Waals surface area contributed by atoms with E-state index in [1.54, 1.807) is 0 Å². The highest BCUT2D eigenvalue weighted by molar-refractivity contribution is 5.89. The Bertz CT molecular complexity index is 726. The van der Waals surface area contributed by atoms with E-state index < -0.39 is 0 Å². The maximum Gasteiger partial charge on any atom is 0.319 e. The number of fused-ring (bicyclic) bond motifs is 1. The molecule has 1 heterocycles.